The van der Waals surface area contributed by atoms with Gasteiger partial charge in [-0.2, -0.15) is 13.2 Å². The van der Waals surface area contributed by atoms with Crippen molar-refractivity contribution < 1.29 is 27.5 Å². The molecule has 0 bridgehead atoms. The Morgan fingerprint density at radius 2 is 1.51 bits per heavy atom. The van der Waals surface area contributed by atoms with Crippen molar-refractivity contribution in [3.05, 3.63) is 57.6 Å². The Morgan fingerprint density at radius 3 is 2.10 bits per heavy atom. The van der Waals surface area contributed by atoms with Gasteiger partial charge in [0.05, 0.1) is 5.92 Å². The molecule has 0 aliphatic carbocycles. The Kier molecular flexibility index (Phi) is 8.45. The number of rotatable bonds is 5. The normalized spacial score (nSPS) is 21.6. The van der Waals surface area contributed by atoms with Crippen LogP contribution in [0.3, 0.4) is 0 Å². The van der Waals surface area contributed by atoms with E-state index in [4.69, 9.17) is 27.9 Å². The Balaban J connectivity index is 1.23. The fourth-order valence-corrected chi connectivity index (χ4v) is 6.56. The van der Waals surface area contributed by atoms with Crippen molar-refractivity contribution in [1.82, 2.24) is 9.80 Å². The molecule has 0 spiro atoms. The van der Waals surface area contributed by atoms with Gasteiger partial charge in [-0.05, 0) is 79.5 Å². The fourth-order valence-electron chi connectivity index (χ4n) is 5.92. The number of halogens is 5. The van der Waals surface area contributed by atoms with Crippen LogP contribution in [0.5, 0.6) is 0 Å². The van der Waals surface area contributed by atoms with Crippen LogP contribution in [0.4, 0.5) is 13.2 Å². The third kappa shape index (κ3) is 6.23. The molecule has 3 saturated heterocycles. The van der Waals surface area contributed by atoms with E-state index in [-0.39, 0.29) is 49.7 Å². The maximum Gasteiger partial charge on any atom is 0.391 e. The van der Waals surface area contributed by atoms with E-state index < -0.39 is 12.1 Å². The van der Waals surface area contributed by atoms with Crippen molar-refractivity contribution in [3.8, 4) is 11.1 Å². The lowest BCUT2D eigenvalue weighted by Gasteiger charge is -2.33. The number of ether oxygens (including phenoxy) is 1. The molecule has 2 amide bonds. The predicted molar refractivity (Wildman–Crippen MR) is 144 cm³/mol. The molecule has 3 fully saturated rings. The molecular formula is C29H31Cl2F3N2O3. The Labute approximate surface area is 236 Å². The van der Waals surface area contributed by atoms with Gasteiger partial charge in [-0.15, -0.1) is 0 Å². The molecule has 2 aromatic carbocycles. The summed E-state index contributed by atoms with van der Waals surface area (Å²) in [6, 6.07) is 10.8. The van der Waals surface area contributed by atoms with E-state index in [1.165, 1.54) is 4.90 Å². The monoisotopic (exact) mass is 582 g/mol. The highest BCUT2D eigenvalue weighted by Crippen LogP contribution is 2.37. The molecule has 39 heavy (non-hydrogen) atoms. The van der Waals surface area contributed by atoms with Crippen LogP contribution in [0.2, 0.25) is 10.0 Å². The molecule has 0 N–H and O–H groups in total. The van der Waals surface area contributed by atoms with Gasteiger partial charge in [-0.3, -0.25) is 9.59 Å². The zero-order chi connectivity index (χ0) is 27.7. The van der Waals surface area contributed by atoms with Crippen LogP contribution in [0.15, 0.2) is 36.4 Å². The molecule has 0 saturated carbocycles. The van der Waals surface area contributed by atoms with Gasteiger partial charge in [0.15, 0.2) is 0 Å². The average Bonchev–Trinajstić information content (AvgIpc) is 3.30. The second-order valence-electron chi connectivity index (χ2n) is 10.7. The highest BCUT2D eigenvalue weighted by Gasteiger charge is 2.42. The van der Waals surface area contributed by atoms with Gasteiger partial charge in [0, 0.05) is 60.4 Å². The van der Waals surface area contributed by atoms with Gasteiger partial charge >= 0.3 is 6.18 Å². The van der Waals surface area contributed by atoms with Crippen molar-refractivity contribution in [2.75, 3.05) is 32.8 Å². The van der Waals surface area contributed by atoms with Crippen LogP contribution >= 0.6 is 23.2 Å². The zero-order valence-corrected chi connectivity index (χ0v) is 23.0. The van der Waals surface area contributed by atoms with Gasteiger partial charge in [0.25, 0.3) is 5.91 Å². The highest BCUT2D eigenvalue weighted by atomic mass is 35.5. The SMILES string of the molecule is O=C(c1ccc(-c2cc(Cl)c(C[C@@H]3CCN(C4CCOCC4)C3=O)c(Cl)c2)cc1)N1CCC(C(F)(F)F)CC1. The van der Waals surface area contributed by atoms with Crippen molar-refractivity contribution in [3.63, 3.8) is 0 Å². The molecule has 2 aromatic rings. The molecule has 0 unspecified atom stereocenters. The number of carbonyl (C=O) groups excluding carboxylic acids is 2. The summed E-state index contributed by atoms with van der Waals surface area (Å²) in [7, 11) is 0. The minimum absolute atomic E-state index is 0.0727. The molecule has 10 heteroatoms. The fraction of sp³-hybridized carbons (Fsp3) is 0.517. The van der Waals surface area contributed by atoms with E-state index in [1.54, 1.807) is 24.3 Å². The van der Waals surface area contributed by atoms with Crippen LogP contribution in [0, 0.1) is 11.8 Å². The Hall–Kier alpha value is -2.29. The van der Waals surface area contributed by atoms with Crippen molar-refractivity contribution >= 4 is 35.0 Å². The van der Waals surface area contributed by atoms with Crippen molar-refractivity contribution in [2.24, 2.45) is 11.8 Å². The van der Waals surface area contributed by atoms with Gasteiger partial charge in [0.1, 0.15) is 0 Å². The van der Waals surface area contributed by atoms with Crippen molar-refractivity contribution in [2.45, 2.75) is 50.7 Å². The quantitative estimate of drug-likeness (QED) is 0.397. The number of hydrogen-bond donors (Lipinski definition) is 0. The molecule has 5 nitrogen and oxygen atoms in total. The number of nitrogens with zero attached hydrogens (tertiary/aromatic N) is 2. The molecule has 3 aliphatic heterocycles. The minimum Gasteiger partial charge on any atom is -0.381 e. The van der Waals surface area contributed by atoms with E-state index in [1.807, 2.05) is 17.0 Å². The first-order valence-corrected chi connectivity index (χ1v) is 14.2. The molecule has 0 aromatic heterocycles. The molecular weight excluding hydrogens is 552 g/mol. The summed E-state index contributed by atoms with van der Waals surface area (Å²) in [6.07, 6.45) is -1.37. The number of carbonyl (C=O) groups is 2. The summed E-state index contributed by atoms with van der Waals surface area (Å²) < 4.78 is 44.3. The second kappa shape index (κ2) is 11.7. The maximum atomic E-state index is 13.1. The number of benzene rings is 2. The topological polar surface area (TPSA) is 49.9 Å². The number of amides is 2. The summed E-state index contributed by atoms with van der Waals surface area (Å²) >= 11 is 13.3. The van der Waals surface area contributed by atoms with Crippen LogP contribution in [-0.4, -0.2) is 66.7 Å². The number of likely N-dealkylation sites (tertiary alicyclic amines) is 2. The first-order chi connectivity index (χ1) is 18.6. The summed E-state index contributed by atoms with van der Waals surface area (Å²) in [5.41, 5.74) is 2.76. The molecule has 0 radical (unpaired) electrons. The average molecular weight is 583 g/mol. The smallest absolute Gasteiger partial charge is 0.381 e. The van der Waals surface area contributed by atoms with Crippen LogP contribution in [-0.2, 0) is 16.0 Å². The Bertz CT molecular complexity index is 1180. The lowest BCUT2D eigenvalue weighted by atomic mass is 9.94. The maximum absolute atomic E-state index is 13.1. The highest BCUT2D eigenvalue weighted by molar-refractivity contribution is 6.36. The van der Waals surface area contributed by atoms with E-state index >= 15 is 0 Å². The van der Waals surface area contributed by atoms with E-state index in [0.717, 1.165) is 42.5 Å². The third-order valence-electron chi connectivity index (χ3n) is 8.28. The number of alkyl halides is 3. The standard InChI is InChI=1S/C29H31Cl2F3N2O3/c30-25-16-21(17-26(31)24(25)15-20-5-12-36(28(20)38)23-8-13-39-14-9-23)18-1-3-19(4-2-18)27(37)35-10-6-22(7-11-35)29(32,33)34/h1-4,16-17,20,22-23H,5-15H2/t20-/m0/s1. The lowest BCUT2D eigenvalue weighted by Crippen LogP contribution is -2.42. The van der Waals surface area contributed by atoms with Gasteiger partial charge in [-0.25, -0.2) is 0 Å². The lowest BCUT2D eigenvalue weighted by molar-refractivity contribution is -0.183. The summed E-state index contributed by atoms with van der Waals surface area (Å²) in [5, 5.41) is 0.977. The first-order valence-electron chi connectivity index (χ1n) is 13.4. The van der Waals surface area contributed by atoms with Gasteiger partial charge < -0.3 is 14.5 Å². The second-order valence-corrected chi connectivity index (χ2v) is 11.5. The molecule has 1 atom stereocenters. The molecule has 3 heterocycles. The number of piperidine rings is 1. The van der Waals surface area contributed by atoms with Gasteiger partial charge in [0.2, 0.25) is 5.91 Å². The van der Waals surface area contributed by atoms with Crippen LogP contribution < -0.4 is 0 Å². The zero-order valence-electron chi connectivity index (χ0n) is 21.5. The molecule has 210 valence electrons. The first kappa shape index (κ1) is 28.2. The van der Waals surface area contributed by atoms with Crippen LogP contribution in [0.25, 0.3) is 11.1 Å². The van der Waals surface area contributed by atoms with E-state index in [2.05, 4.69) is 0 Å². The largest absolute Gasteiger partial charge is 0.391 e. The Morgan fingerprint density at radius 1 is 0.897 bits per heavy atom. The molecule has 3 aliphatic rings. The summed E-state index contributed by atoms with van der Waals surface area (Å²) in [6.45, 7) is 2.30. The van der Waals surface area contributed by atoms with E-state index in [9.17, 15) is 22.8 Å². The van der Waals surface area contributed by atoms with Crippen LogP contribution in [0.1, 0.15) is 48.0 Å². The summed E-state index contributed by atoms with van der Waals surface area (Å²) in [4.78, 5) is 29.4. The van der Waals surface area contributed by atoms with E-state index in [0.29, 0.717) is 35.2 Å². The minimum atomic E-state index is -4.22. The third-order valence-corrected chi connectivity index (χ3v) is 8.96. The predicted octanol–water partition coefficient (Wildman–Crippen LogP) is 6.64. The number of hydrogen-bond acceptors (Lipinski definition) is 3. The molecule has 5 rings (SSSR count). The van der Waals surface area contributed by atoms with Crippen molar-refractivity contribution in [1.29, 1.82) is 0 Å². The summed E-state index contributed by atoms with van der Waals surface area (Å²) in [5.74, 6) is -1.62. The van der Waals surface area contributed by atoms with Gasteiger partial charge in [-0.1, -0.05) is 35.3 Å².